The molecule has 0 aliphatic carbocycles. The first-order valence-corrected chi connectivity index (χ1v) is 9.41. The number of hydrogen-bond acceptors (Lipinski definition) is 6. The lowest BCUT2D eigenvalue weighted by Gasteiger charge is -2.33. The molecule has 2 aromatic rings. The molecule has 0 amide bonds. The summed E-state index contributed by atoms with van der Waals surface area (Å²) in [6, 6.07) is 9.31. The molecule has 0 radical (unpaired) electrons. The van der Waals surface area contributed by atoms with Gasteiger partial charge in [-0.15, -0.1) is 0 Å². The van der Waals surface area contributed by atoms with E-state index < -0.39 is 0 Å². The predicted molar refractivity (Wildman–Crippen MR) is 102 cm³/mol. The molecule has 1 saturated heterocycles. The molecule has 140 valence electrons. The van der Waals surface area contributed by atoms with Crippen molar-refractivity contribution in [3.8, 4) is 5.75 Å². The number of ether oxygens (including phenoxy) is 2. The number of methoxy groups -OCH3 is 1. The number of benzene rings is 1. The summed E-state index contributed by atoms with van der Waals surface area (Å²) in [5.74, 6) is 1.65. The lowest BCUT2D eigenvalue weighted by molar-refractivity contribution is 0.0118. The number of halogens is 1. The number of carbonyl (C=O) groups is 1. The van der Waals surface area contributed by atoms with Crippen LogP contribution in [0.2, 0.25) is 0 Å². The zero-order valence-electron chi connectivity index (χ0n) is 14.7. The maximum Gasteiger partial charge on any atom is 0.176 e. The van der Waals surface area contributed by atoms with Gasteiger partial charge in [-0.25, -0.2) is 0 Å². The highest BCUT2D eigenvalue weighted by atomic mass is 79.9. The van der Waals surface area contributed by atoms with Gasteiger partial charge in [-0.3, -0.25) is 9.69 Å². The summed E-state index contributed by atoms with van der Waals surface area (Å²) in [7, 11) is 1.60. The molecule has 1 atom stereocenters. The highest BCUT2D eigenvalue weighted by Crippen LogP contribution is 2.26. The van der Waals surface area contributed by atoms with Crippen LogP contribution in [0, 0.1) is 0 Å². The highest BCUT2D eigenvalue weighted by Gasteiger charge is 2.24. The zero-order chi connectivity index (χ0) is 18.4. The van der Waals surface area contributed by atoms with Crippen LogP contribution in [0.4, 0.5) is 0 Å². The van der Waals surface area contributed by atoms with E-state index in [0.29, 0.717) is 17.9 Å². The third kappa shape index (κ3) is 4.73. The Labute approximate surface area is 161 Å². The molecule has 0 spiro atoms. The molecule has 1 aromatic heterocycles. The molecule has 7 heteroatoms. The van der Waals surface area contributed by atoms with E-state index in [2.05, 4.69) is 26.1 Å². The molecule has 1 unspecified atom stereocenters. The van der Waals surface area contributed by atoms with Crippen LogP contribution in [-0.2, 0) is 4.74 Å². The molecule has 1 aliphatic heterocycles. The number of hydrogen-bond donors (Lipinski definition) is 1. The van der Waals surface area contributed by atoms with Gasteiger partial charge in [-0.1, -0.05) is 0 Å². The quantitative estimate of drug-likeness (QED) is 0.659. The molecule has 3 rings (SSSR count). The third-order valence-corrected chi connectivity index (χ3v) is 5.07. The van der Waals surface area contributed by atoms with Gasteiger partial charge in [0.25, 0.3) is 0 Å². The fourth-order valence-electron chi connectivity index (χ4n) is 3.04. The van der Waals surface area contributed by atoms with Gasteiger partial charge in [0.15, 0.2) is 5.78 Å². The molecule has 2 heterocycles. The molecule has 1 aliphatic rings. The first-order valence-electron chi connectivity index (χ1n) is 8.61. The van der Waals surface area contributed by atoms with Crippen molar-refractivity contribution in [1.29, 1.82) is 0 Å². The van der Waals surface area contributed by atoms with E-state index in [1.165, 1.54) is 0 Å². The Bertz CT molecular complexity index is 714. The van der Waals surface area contributed by atoms with Gasteiger partial charge >= 0.3 is 0 Å². The van der Waals surface area contributed by atoms with E-state index in [0.717, 1.165) is 36.5 Å². The maximum absolute atomic E-state index is 12.5. The predicted octanol–water partition coefficient (Wildman–Crippen LogP) is 2.90. The summed E-state index contributed by atoms with van der Waals surface area (Å²) in [5, 5.41) is 3.28. The number of morpholine rings is 1. The van der Waals surface area contributed by atoms with Gasteiger partial charge < -0.3 is 19.2 Å². The van der Waals surface area contributed by atoms with Crippen LogP contribution in [-0.4, -0.2) is 57.2 Å². The number of nitrogens with one attached hydrogen (secondary N) is 1. The molecule has 1 aromatic carbocycles. The van der Waals surface area contributed by atoms with Crippen LogP contribution in [0.5, 0.6) is 5.75 Å². The largest absolute Gasteiger partial charge is 0.496 e. The number of rotatable bonds is 8. The van der Waals surface area contributed by atoms with Crippen molar-refractivity contribution < 1.29 is 18.7 Å². The second-order valence-electron chi connectivity index (χ2n) is 6.08. The van der Waals surface area contributed by atoms with Crippen LogP contribution in [0.1, 0.15) is 22.2 Å². The average molecular weight is 423 g/mol. The van der Waals surface area contributed by atoms with Crippen molar-refractivity contribution in [2.75, 3.05) is 46.5 Å². The first-order chi connectivity index (χ1) is 12.7. The molecular weight excluding hydrogens is 400 g/mol. The lowest BCUT2D eigenvalue weighted by Crippen LogP contribution is -2.43. The number of Topliss-reactive ketones (excluding diaryl/α,β-unsaturated/α-hetero) is 1. The second kappa shape index (κ2) is 9.32. The van der Waals surface area contributed by atoms with Crippen LogP contribution >= 0.6 is 15.9 Å². The minimum atomic E-state index is 0.0357. The summed E-state index contributed by atoms with van der Waals surface area (Å²) in [6.45, 7) is 4.04. The van der Waals surface area contributed by atoms with Gasteiger partial charge in [-0.2, -0.15) is 0 Å². The van der Waals surface area contributed by atoms with Crippen molar-refractivity contribution in [3.05, 3.63) is 52.4 Å². The molecule has 0 saturated carbocycles. The van der Waals surface area contributed by atoms with Crippen molar-refractivity contribution in [2.24, 2.45) is 0 Å². The van der Waals surface area contributed by atoms with Gasteiger partial charge in [0.05, 0.1) is 43.6 Å². The normalized spacial score (nSPS) is 16.4. The summed E-state index contributed by atoms with van der Waals surface area (Å²) in [4.78, 5) is 14.8. The van der Waals surface area contributed by atoms with Gasteiger partial charge in [0, 0.05) is 25.2 Å². The third-order valence-electron chi connectivity index (χ3n) is 4.46. The van der Waals surface area contributed by atoms with E-state index >= 15 is 0 Å². The van der Waals surface area contributed by atoms with E-state index in [9.17, 15) is 4.79 Å². The Morgan fingerprint density at radius 3 is 2.81 bits per heavy atom. The molecule has 6 nitrogen and oxygen atoms in total. The maximum atomic E-state index is 12.5. The fourth-order valence-corrected chi connectivity index (χ4v) is 3.58. The smallest absolute Gasteiger partial charge is 0.176 e. The summed E-state index contributed by atoms with van der Waals surface area (Å²) >= 11 is 3.42. The molecule has 1 fully saturated rings. The van der Waals surface area contributed by atoms with Crippen molar-refractivity contribution in [3.63, 3.8) is 0 Å². The van der Waals surface area contributed by atoms with Crippen molar-refractivity contribution in [1.82, 2.24) is 10.2 Å². The van der Waals surface area contributed by atoms with Crippen molar-refractivity contribution >= 4 is 21.7 Å². The minimum Gasteiger partial charge on any atom is -0.496 e. The number of nitrogens with zero attached hydrogens (tertiary/aromatic N) is 1. The molecular formula is C19H23BrN2O4. The molecule has 0 bridgehead atoms. The van der Waals surface area contributed by atoms with Gasteiger partial charge in [0.2, 0.25) is 0 Å². The standard InChI is InChI=1S/C19H23BrN2O4/c1-24-18-5-4-14(11-15(18)20)17(23)13-21-12-16(19-3-2-8-26-19)22-6-9-25-10-7-22/h2-5,8,11,16,21H,6-7,9-10,12-13H2,1H3. The van der Waals surface area contributed by atoms with E-state index in [-0.39, 0.29) is 18.4 Å². The summed E-state index contributed by atoms with van der Waals surface area (Å²) < 4.78 is 17.0. The Balaban J connectivity index is 1.59. The van der Waals surface area contributed by atoms with Gasteiger partial charge in [-0.05, 0) is 46.3 Å². The van der Waals surface area contributed by atoms with Crippen LogP contribution in [0.15, 0.2) is 45.5 Å². The van der Waals surface area contributed by atoms with Gasteiger partial charge in [0.1, 0.15) is 11.5 Å². The Morgan fingerprint density at radius 1 is 1.35 bits per heavy atom. The van der Waals surface area contributed by atoms with Crippen LogP contribution in [0.3, 0.4) is 0 Å². The van der Waals surface area contributed by atoms with Crippen molar-refractivity contribution in [2.45, 2.75) is 6.04 Å². The monoisotopic (exact) mass is 422 g/mol. The zero-order valence-corrected chi connectivity index (χ0v) is 16.3. The number of furan rings is 1. The van der Waals surface area contributed by atoms with E-state index in [4.69, 9.17) is 13.9 Å². The van der Waals surface area contributed by atoms with E-state index in [1.807, 2.05) is 12.1 Å². The van der Waals surface area contributed by atoms with Crippen LogP contribution < -0.4 is 10.1 Å². The SMILES string of the molecule is COc1ccc(C(=O)CNCC(c2ccco2)N2CCOCC2)cc1Br. The summed E-state index contributed by atoms with van der Waals surface area (Å²) in [5.41, 5.74) is 0.645. The first kappa shape index (κ1) is 19.1. The number of ketones is 1. The Kier molecular flexibility index (Phi) is 6.85. The highest BCUT2D eigenvalue weighted by molar-refractivity contribution is 9.10. The Hall–Kier alpha value is -1.67. The second-order valence-corrected chi connectivity index (χ2v) is 6.94. The van der Waals surface area contributed by atoms with E-state index in [1.54, 1.807) is 31.6 Å². The average Bonchev–Trinajstić information content (AvgIpc) is 3.20. The summed E-state index contributed by atoms with van der Waals surface area (Å²) in [6.07, 6.45) is 1.68. The molecule has 1 N–H and O–H groups in total. The Morgan fingerprint density at radius 2 is 2.15 bits per heavy atom. The topological polar surface area (TPSA) is 63.9 Å². The number of carbonyl (C=O) groups excluding carboxylic acids is 1. The molecule has 26 heavy (non-hydrogen) atoms. The fraction of sp³-hybridized carbons (Fsp3) is 0.421. The van der Waals surface area contributed by atoms with Crippen LogP contribution in [0.25, 0.3) is 0 Å². The lowest BCUT2D eigenvalue weighted by atomic mass is 10.1. The minimum absolute atomic E-state index is 0.0357.